The predicted octanol–water partition coefficient (Wildman–Crippen LogP) is 1.85. The van der Waals surface area contributed by atoms with Crippen molar-refractivity contribution >= 4 is 11.6 Å². The van der Waals surface area contributed by atoms with Gasteiger partial charge in [-0.15, -0.1) is 0 Å². The molecule has 0 spiro atoms. The molecule has 1 aromatic heterocycles. The van der Waals surface area contributed by atoms with Crippen molar-refractivity contribution in [2.45, 2.75) is 19.4 Å². The van der Waals surface area contributed by atoms with E-state index in [2.05, 4.69) is 28.7 Å². The molecule has 0 radical (unpaired) electrons. The van der Waals surface area contributed by atoms with Crippen molar-refractivity contribution in [2.75, 3.05) is 20.7 Å². The van der Waals surface area contributed by atoms with Crippen molar-refractivity contribution in [3.8, 4) is 5.88 Å². The van der Waals surface area contributed by atoms with Crippen molar-refractivity contribution < 1.29 is 4.74 Å². The smallest absolute Gasteiger partial charge is 0.233 e. The second-order valence-corrected chi connectivity index (χ2v) is 4.56. The van der Waals surface area contributed by atoms with E-state index in [9.17, 15) is 0 Å². The molecule has 1 aromatic rings. The van der Waals surface area contributed by atoms with Crippen molar-refractivity contribution in [3.05, 3.63) is 17.5 Å². The third-order valence-electron chi connectivity index (χ3n) is 2.37. The first-order chi connectivity index (χ1) is 6.92. The van der Waals surface area contributed by atoms with Crippen LogP contribution in [0.1, 0.15) is 13.8 Å². The van der Waals surface area contributed by atoms with E-state index in [1.807, 2.05) is 14.1 Å². The number of hydrogen-bond donors (Lipinski definition) is 0. The van der Waals surface area contributed by atoms with E-state index in [1.165, 1.54) is 6.20 Å². The molecule has 0 aromatic carbocycles. The second kappa shape index (κ2) is 4.77. The van der Waals surface area contributed by atoms with E-state index < -0.39 is 0 Å². The maximum absolute atomic E-state index is 5.69. The third kappa shape index (κ3) is 3.64. The fourth-order valence-corrected chi connectivity index (χ4v) is 0.914. The Morgan fingerprint density at radius 1 is 1.40 bits per heavy atom. The minimum atomic E-state index is -0.0516. The average Bonchev–Trinajstić information content (AvgIpc) is 2.15. The van der Waals surface area contributed by atoms with Crippen molar-refractivity contribution in [3.63, 3.8) is 0 Å². The normalized spacial score (nSPS) is 11.9. The molecule has 0 amide bonds. The van der Waals surface area contributed by atoms with Gasteiger partial charge in [0.05, 0.1) is 12.4 Å². The number of hydrogen-bond acceptors (Lipinski definition) is 4. The Bertz CT molecular complexity index is 328. The molecular weight excluding hydrogens is 214 g/mol. The van der Waals surface area contributed by atoms with Gasteiger partial charge in [0.25, 0.3) is 0 Å². The predicted molar refractivity (Wildman–Crippen MR) is 60.3 cm³/mol. The van der Waals surface area contributed by atoms with Crippen LogP contribution in [0.15, 0.2) is 12.4 Å². The van der Waals surface area contributed by atoms with Crippen LogP contribution in [0.25, 0.3) is 0 Å². The summed E-state index contributed by atoms with van der Waals surface area (Å²) in [6.07, 6.45) is 3.03. The van der Waals surface area contributed by atoms with Gasteiger partial charge in [0, 0.05) is 5.54 Å². The van der Waals surface area contributed by atoms with Crippen LogP contribution in [0.4, 0.5) is 0 Å². The first-order valence-electron chi connectivity index (χ1n) is 4.69. The number of ether oxygens (including phenoxy) is 1. The van der Waals surface area contributed by atoms with Gasteiger partial charge in [-0.1, -0.05) is 11.6 Å². The fraction of sp³-hybridized carbons (Fsp3) is 0.600. The molecule has 0 aliphatic rings. The summed E-state index contributed by atoms with van der Waals surface area (Å²) < 4.78 is 5.51. The Balaban J connectivity index is 2.57. The molecule has 0 saturated carbocycles. The molecule has 0 saturated heterocycles. The first kappa shape index (κ1) is 12.2. The fourth-order valence-electron chi connectivity index (χ4n) is 0.775. The van der Waals surface area contributed by atoms with Gasteiger partial charge in [0.1, 0.15) is 6.61 Å². The molecule has 1 heterocycles. The monoisotopic (exact) mass is 229 g/mol. The summed E-state index contributed by atoms with van der Waals surface area (Å²) in [6.45, 7) is 4.71. The molecule has 0 N–H and O–H groups in total. The molecule has 1 rings (SSSR count). The number of nitrogens with zero attached hydrogens (tertiary/aromatic N) is 3. The maximum Gasteiger partial charge on any atom is 0.233 e. The quantitative estimate of drug-likeness (QED) is 0.790. The molecule has 84 valence electrons. The van der Waals surface area contributed by atoms with E-state index in [0.29, 0.717) is 17.6 Å². The highest BCUT2D eigenvalue weighted by Crippen LogP contribution is 2.14. The Labute approximate surface area is 95.2 Å². The summed E-state index contributed by atoms with van der Waals surface area (Å²) in [5.41, 5.74) is -0.0516. The maximum atomic E-state index is 5.69. The molecule has 0 unspecified atom stereocenters. The van der Waals surface area contributed by atoms with Crippen molar-refractivity contribution in [2.24, 2.45) is 0 Å². The molecule has 0 bridgehead atoms. The first-order valence-corrected chi connectivity index (χ1v) is 5.07. The molecule has 0 atom stereocenters. The topological polar surface area (TPSA) is 38.2 Å². The lowest BCUT2D eigenvalue weighted by atomic mass is 10.1. The Morgan fingerprint density at radius 3 is 2.60 bits per heavy atom. The summed E-state index contributed by atoms with van der Waals surface area (Å²) >= 11 is 5.69. The van der Waals surface area contributed by atoms with E-state index >= 15 is 0 Å². The van der Waals surface area contributed by atoms with E-state index in [-0.39, 0.29) is 5.54 Å². The van der Waals surface area contributed by atoms with Crippen molar-refractivity contribution in [1.29, 1.82) is 0 Å². The zero-order valence-electron chi connectivity index (χ0n) is 9.49. The van der Waals surface area contributed by atoms with Gasteiger partial charge >= 0.3 is 0 Å². The van der Waals surface area contributed by atoms with Gasteiger partial charge in [0.2, 0.25) is 5.88 Å². The van der Waals surface area contributed by atoms with Gasteiger partial charge < -0.3 is 9.64 Å². The highest BCUT2D eigenvalue weighted by molar-refractivity contribution is 6.29. The molecule has 5 heteroatoms. The number of aromatic nitrogens is 2. The molecule has 4 nitrogen and oxygen atoms in total. The van der Waals surface area contributed by atoms with Gasteiger partial charge in [-0.25, -0.2) is 0 Å². The molecule has 0 aliphatic carbocycles. The molecular formula is C10H16ClN3O. The standard InChI is InChI=1S/C10H16ClN3O/c1-10(2,14(3)4)7-15-9-6-12-5-8(11)13-9/h5-6H,7H2,1-4H3. The van der Waals surface area contributed by atoms with Crippen LogP contribution >= 0.6 is 11.6 Å². The lowest BCUT2D eigenvalue weighted by Crippen LogP contribution is -2.43. The minimum absolute atomic E-state index is 0.0516. The van der Waals surface area contributed by atoms with Crippen LogP contribution in [0.2, 0.25) is 5.15 Å². The lowest BCUT2D eigenvalue weighted by molar-refractivity contribution is 0.111. The van der Waals surface area contributed by atoms with E-state index in [1.54, 1.807) is 6.20 Å². The Hall–Kier alpha value is -0.870. The molecule has 0 fully saturated rings. The number of halogens is 1. The largest absolute Gasteiger partial charge is 0.475 e. The van der Waals surface area contributed by atoms with Crippen LogP contribution in [0.5, 0.6) is 5.88 Å². The molecule has 15 heavy (non-hydrogen) atoms. The molecule has 0 aliphatic heterocycles. The van der Waals surface area contributed by atoms with Crippen LogP contribution < -0.4 is 4.74 Å². The Morgan fingerprint density at radius 2 is 2.07 bits per heavy atom. The summed E-state index contributed by atoms with van der Waals surface area (Å²) in [6, 6.07) is 0. The zero-order valence-corrected chi connectivity index (χ0v) is 10.2. The Kier molecular flexibility index (Phi) is 3.88. The van der Waals surface area contributed by atoms with Crippen LogP contribution in [-0.2, 0) is 0 Å². The number of rotatable bonds is 4. The average molecular weight is 230 g/mol. The van der Waals surface area contributed by atoms with Gasteiger partial charge in [0.15, 0.2) is 5.15 Å². The lowest BCUT2D eigenvalue weighted by Gasteiger charge is -2.31. The van der Waals surface area contributed by atoms with Crippen LogP contribution in [-0.4, -0.2) is 41.1 Å². The summed E-state index contributed by atoms with van der Waals surface area (Å²) in [4.78, 5) is 9.98. The second-order valence-electron chi connectivity index (χ2n) is 4.18. The van der Waals surface area contributed by atoms with Crippen LogP contribution in [0, 0.1) is 0 Å². The van der Waals surface area contributed by atoms with Crippen LogP contribution in [0.3, 0.4) is 0 Å². The van der Waals surface area contributed by atoms with E-state index in [0.717, 1.165) is 0 Å². The summed E-state index contributed by atoms with van der Waals surface area (Å²) in [5.74, 6) is 0.456. The van der Waals surface area contributed by atoms with Gasteiger partial charge in [-0.05, 0) is 27.9 Å². The highest BCUT2D eigenvalue weighted by atomic mass is 35.5. The van der Waals surface area contributed by atoms with Gasteiger partial charge in [-0.2, -0.15) is 4.98 Å². The van der Waals surface area contributed by atoms with Gasteiger partial charge in [-0.3, -0.25) is 4.98 Å². The third-order valence-corrected chi connectivity index (χ3v) is 2.55. The minimum Gasteiger partial charge on any atom is -0.475 e. The number of likely N-dealkylation sites (N-methyl/N-ethyl adjacent to an activating group) is 1. The zero-order chi connectivity index (χ0) is 11.5. The van der Waals surface area contributed by atoms with Crippen molar-refractivity contribution in [1.82, 2.24) is 14.9 Å². The summed E-state index contributed by atoms with van der Waals surface area (Å²) in [7, 11) is 4.01. The SMILES string of the molecule is CN(C)C(C)(C)COc1cncc(Cl)n1. The summed E-state index contributed by atoms with van der Waals surface area (Å²) in [5, 5.41) is 0.343. The van der Waals surface area contributed by atoms with E-state index in [4.69, 9.17) is 16.3 Å². The highest BCUT2D eigenvalue weighted by Gasteiger charge is 2.21.